The SMILES string of the molecule is O=C(Nc1cnns1)c1ccc(I)c(O)c1. The van der Waals surface area contributed by atoms with Crippen LogP contribution in [0.1, 0.15) is 10.4 Å². The summed E-state index contributed by atoms with van der Waals surface area (Å²) in [6.07, 6.45) is 1.47. The highest BCUT2D eigenvalue weighted by atomic mass is 127. The van der Waals surface area contributed by atoms with E-state index in [1.807, 2.05) is 22.6 Å². The van der Waals surface area contributed by atoms with Gasteiger partial charge in [0.2, 0.25) is 0 Å². The van der Waals surface area contributed by atoms with Crippen LogP contribution in [0.4, 0.5) is 5.00 Å². The standard InChI is InChI=1S/C9H6IN3O2S/c10-6-2-1-5(3-7(6)14)9(15)12-8-4-11-13-16-8/h1-4,14H,(H,12,15). The van der Waals surface area contributed by atoms with Gasteiger partial charge in [0, 0.05) is 17.1 Å². The number of benzene rings is 1. The molecule has 0 saturated carbocycles. The largest absolute Gasteiger partial charge is 0.507 e. The maximum absolute atomic E-state index is 11.7. The average molecular weight is 347 g/mol. The van der Waals surface area contributed by atoms with Gasteiger partial charge in [-0.15, -0.1) is 5.10 Å². The fourth-order valence-electron chi connectivity index (χ4n) is 1.06. The van der Waals surface area contributed by atoms with E-state index in [0.717, 1.165) is 11.5 Å². The van der Waals surface area contributed by atoms with Crippen molar-refractivity contribution in [1.29, 1.82) is 0 Å². The van der Waals surface area contributed by atoms with Crippen molar-refractivity contribution >= 4 is 45.0 Å². The Balaban J connectivity index is 2.18. The molecule has 2 N–H and O–H groups in total. The van der Waals surface area contributed by atoms with Crippen LogP contribution in [-0.2, 0) is 0 Å². The number of amides is 1. The molecular weight excluding hydrogens is 341 g/mol. The number of hydrogen-bond acceptors (Lipinski definition) is 5. The molecule has 0 aliphatic heterocycles. The summed E-state index contributed by atoms with van der Waals surface area (Å²) in [4.78, 5) is 11.7. The maximum Gasteiger partial charge on any atom is 0.256 e. The van der Waals surface area contributed by atoms with Gasteiger partial charge in [-0.2, -0.15) is 0 Å². The Kier molecular flexibility index (Phi) is 3.34. The zero-order chi connectivity index (χ0) is 11.5. The Bertz CT molecular complexity index is 515. The molecular formula is C9H6IN3O2S. The van der Waals surface area contributed by atoms with Gasteiger partial charge >= 0.3 is 0 Å². The van der Waals surface area contributed by atoms with Crippen molar-refractivity contribution in [3.8, 4) is 5.75 Å². The summed E-state index contributed by atoms with van der Waals surface area (Å²) < 4.78 is 4.33. The van der Waals surface area contributed by atoms with Gasteiger partial charge in [-0.25, -0.2) is 0 Å². The Morgan fingerprint density at radius 1 is 1.50 bits per heavy atom. The number of nitrogens with one attached hydrogen (secondary N) is 1. The molecule has 0 bridgehead atoms. The van der Waals surface area contributed by atoms with Gasteiger partial charge in [0.15, 0.2) is 0 Å². The fourth-order valence-corrected chi connectivity index (χ4v) is 1.81. The van der Waals surface area contributed by atoms with Crippen LogP contribution in [0.25, 0.3) is 0 Å². The predicted octanol–water partition coefficient (Wildman–Crippen LogP) is 2.10. The lowest BCUT2D eigenvalue weighted by atomic mass is 10.2. The molecule has 0 aliphatic carbocycles. The van der Waals surface area contributed by atoms with Gasteiger partial charge in [-0.3, -0.25) is 4.79 Å². The lowest BCUT2D eigenvalue weighted by molar-refractivity contribution is 0.102. The highest BCUT2D eigenvalue weighted by molar-refractivity contribution is 14.1. The van der Waals surface area contributed by atoms with Crippen LogP contribution in [0.2, 0.25) is 0 Å². The molecule has 0 unspecified atom stereocenters. The topological polar surface area (TPSA) is 75.1 Å². The van der Waals surface area contributed by atoms with Gasteiger partial charge in [-0.05, 0) is 40.8 Å². The molecule has 0 saturated heterocycles. The summed E-state index contributed by atoms with van der Waals surface area (Å²) >= 11 is 3.08. The van der Waals surface area contributed by atoms with Crippen molar-refractivity contribution in [2.75, 3.05) is 5.32 Å². The highest BCUT2D eigenvalue weighted by Gasteiger charge is 2.09. The second-order valence-electron chi connectivity index (χ2n) is 2.90. The number of anilines is 1. The number of carbonyl (C=O) groups excluding carboxylic acids is 1. The zero-order valence-corrected chi connectivity index (χ0v) is 10.8. The minimum Gasteiger partial charge on any atom is -0.507 e. The lowest BCUT2D eigenvalue weighted by Gasteiger charge is -2.03. The minimum absolute atomic E-state index is 0.0932. The Hall–Kier alpha value is -1.22. The number of carbonyl (C=O) groups is 1. The smallest absolute Gasteiger partial charge is 0.256 e. The first-order chi connectivity index (χ1) is 7.66. The van der Waals surface area contributed by atoms with Crippen molar-refractivity contribution in [2.24, 2.45) is 0 Å². The second-order valence-corrected chi connectivity index (χ2v) is 4.85. The predicted molar refractivity (Wildman–Crippen MR) is 68.7 cm³/mol. The van der Waals surface area contributed by atoms with E-state index < -0.39 is 0 Å². The van der Waals surface area contributed by atoms with Crippen LogP contribution in [0, 0.1) is 3.57 Å². The quantitative estimate of drug-likeness (QED) is 0.816. The van der Waals surface area contributed by atoms with Crippen LogP contribution in [-0.4, -0.2) is 20.6 Å². The summed E-state index contributed by atoms with van der Waals surface area (Å²) in [5, 5.41) is 16.3. The van der Waals surface area contributed by atoms with Crippen LogP contribution in [0.15, 0.2) is 24.4 Å². The van der Waals surface area contributed by atoms with Crippen LogP contribution < -0.4 is 5.32 Å². The average Bonchev–Trinajstić information content (AvgIpc) is 2.74. The molecule has 2 rings (SSSR count). The minimum atomic E-state index is -0.294. The van der Waals surface area contributed by atoms with E-state index in [1.165, 1.54) is 12.3 Å². The first-order valence-electron chi connectivity index (χ1n) is 4.24. The van der Waals surface area contributed by atoms with Gasteiger partial charge in [0.05, 0.1) is 9.77 Å². The summed E-state index contributed by atoms with van der Waals surface area (Å²) in [6.45, 7) is 0. The monoisotopic (exact) mass is 347 g/mol. The third-order valence-electron chi connectivity index (χ3n) is 1.81. The first kappa shape index (κ1) is 11.3. The molecule has 0 aliphatic rings. The normalized spacial score (nSPS) is 10.1. The molecule has 1 aromatic heterocycles. The van der Waals surface area contributed by atoms with Gasteiger partial charge < -0.3 is 10.4 Å². The summed E-state index contributed by atoms with van der Waals surface area (Å²) in [5.41, 5.74) is 0.395. The van der Waals surface area contributed by atoms with Gasteiger partial charge in [0.25, 0.3) is 5.91 Å². The Labute approximate surface area is 109 Å². The lowest BCUT2D eigenvalue weighted by Crippen LogP contribution is -2.10. The van der Waals surface area contributed by atoms with Gasteiger partial charge in [0.1, 0.15) is 10.8 Å². The summed E-state index contributed by atoms with van der Waals surface area (Å²) in [7, 11) is 0. The van der Waals surface area contributed by atoms with E-state index in [0.29, 0.717) is 14.1 Å². The third kappa shape index (κ3) is 2.47. The molecule has 16 heavy (non-hydrogen) atoms. The molecule has 0 spiro atoms. The summed E-state index contributed by atoms with van der Waals surface area (Å²) in [6, 6.07) is 4.74. The maximum atomic E-state index is 11.7. The molecule has 5 nitrogen and oxygen atoms in total. The molecule has 0 atom stereocenters. The molecule has 1 amide bonds. The fraction of sp³-hybridized carbons (Fsp3) is 0. The van der Waals surface area contributed by atoms with E-state index in [4.69, 9.17) is 0 Å². The van der Waals surface area contributed by atoms with Gasteiger partial charge in [-0.1, -0.05) is 4.49 Å². The van der Waals surface area contributed by atoms with Crippen molar-refractivity contribution in [2.45, 2.75) is 0 Å². The second kappa shape index (κ2) is 4.74. The van der Waals surface area contributed by atoms with E-state index in [2.05, 4.69) is 14.9 Å². The molecule has 82 valence electrons. The van der Waals surface area contributed by atoms with E-state index in [-0.39, 0.29) is 11.7 Å². The van der Waals surface area contributed by atoms with Crippen molar-refractivity contribution < 1.29 is 9.90 Å². The molecule has 0 fully saturated rings. The summed E-state index contributed by atoms with van der Waals surface area (Å²) in [5.74, 6) is -0.201. The number of rotatable bonds is 2. The first-order valence-corrected chi connectivity index (χ1v) is 6.09. The number of phenolic OH excluding ortho intramolecular Hbond substituents is 1. The van der Waals surface area contributed by atoms with Crippen molar-refractivity contribution in [3.63, 3.8) is 0 Å². The van der Waals surface area contributed by atoms with Crippen LogP contribution >= 0.6 is 34.1 Å². The van der Waals surface area contributed by atoms with E-state index in [9.17, 15) is 9.90 Å². The number of nitrogens with zero attached hydrogens (tertiary/aromatic N) is 2. The molecule has 1 heterocycles. The van der Waals surface area contributed by atoms with Crippen molar-refractivity contribution in [3.05, 3.63) is 33.5 Å². The number of aromatic nitrogens is 2. The molecule has 0 radical (unpaired) electrons. The van der Waals surface area contributed by atoms with E-state index >= 15 is 0 Å². The molecule has 1 aromatic carbocycles. The highest BCUT2D eigenvalue weighted by Crippen LogP contribution is 2.21. The number of hydrogen-bond donors (Lipinski definition) is 2. The zero-order valence-electron chi connectivity index (χ0n) is 7.85. The number of aromatic hydroxyl groups is 1. The molecule has 2 aromatic rings. The Morgan fingerprint density at radius 3 is 2.94 bits per heavy atom. The van der Waals surface area contributed by atoms with Crippen LogP contribution in [0.5, 0.6) is 5.75 Å². The number of phenols is 1. The number of halogens is 1. The van der Waals surface area contributed by atoms with Crippen molar-refractivity contribution in [1.82, 2.24) is 9.59 Å². The third-order valence-corrected chi connectivity index (χ3v) is 3.30. The molecule has 7 heteroatoms. The van der Waals surface area contributed by atoms with Crippen LogP contribution in [0.3, 0.4) is 0 Å². The van der Waals surface area contributed by atoms with E-state index in [1.54, 1.807) is 12.1 Å². The Morgan fingerprint density at radius 2 is 2.31 bits per heavy atom.